The van der Waals surface area contributed by atoms with Crippen LogP contribution in [0.2, 0.25) is 0 Å². The van der Waals surface area contributed by atoms with Gasteiger partial charge in [-0.15, -0.1) is 0 Å². The SMILES string of the molecule is NC(=O)C[C@@H]1NC(=O)[C@@H]2C[C@@H](O)CN2C(=O)CNC(=O)[C@@H]2C[C@@H](F)CN2C(=O)CNC(=O)[C@@H](CC(=O)O)NC(=O)[C@H](N)CSSC[C@H](C(N)=O)NC1=O. The summed E-state index contributed by atoms with van der Waals surface area (Å²) in [7, 11) is 1.86. The molecule has 8 atom stereocenters. The van der Waals surface area contributed by atoms with Gasteiger partial charge in [0.2, 0.25) is 53.2 Å². The summed E-state index contributed by atoms with van der Waals surface area (Å²) in [5.74, 6) is -10.8. The Morgan fingerprint density at radius 1 is 0.736 bits per heavy atom. The maximum atomic E-state index is 14.5. The molecule has 294 valence electrons. The van der Waals surface area contributed by atoms with Crippen LogP contribution < -0.4 is 43.8 Å². The first-order valence-electron chi connectivity index (χ1n) is 16.0. The highest BCUT2D eigenvalue weighted by molar-refractivity contribution is 8.76. The number of aliphatic hydroxyl groups excluding tert-OH is 1. The number of fused-ring (bicyclic) bond motifs is 2. The monoisotopic (exact) mass is 792 g/mol. The number of hydrogen-bond donors (Lipinski definition) is 10. The second kappa shape index (κ2) is 19.4. The molecule has 0 aromatic carbocycles. The molecule has 53 heavy (non-hydrogen) atoms. The molecule has 0 spiro atoms. The number of carboxylic acids is 1. The number of carbonyl (C=O) groups excluding carboxylic acids is 9. The number of nitrogens with two attached hydrogens (primary N) is 3. The van der Waals surface area contributed by atoms with Crippen molar-refractivity contribution in [3.8, 4) is 0 Å². The Hall–Kier alpha value is -4.75. The minimum absolute atomic E-state index is 0.165. The summed E-state index contributed by atoms with van der Waals surface area (Å²) in [6, 6.07) is -8.93. The average Bonchev–Trinajstić information content (AvgIpc) is 3.67. The Balaban J connectivity index is 1.88. The van der Waals surface area contributed by atoms with Gasteiger partial charge in [0, 0.05) is 30.9 Å². The van der Waals surface area contributed by atoms with Crippen LogP contribution in [0.25, 0.3) is 0 Å². The number of carboxylic acid groups (broad SMARTS) is 1. The number of nitrogens with one attached hydrogen (secondary N) is 5. The third kappa shape index (κ3) is 12.4. The minimum Gasteiger partial charge on any atom is -0.481 e. The summed E-state index contributed by atoms with van der Waals surface area (Å²) in [4.78, 5) is 128. The molecule has 25 heteroatoms. The van der Waals surface area contributed by atoms with Gasteiger partial charge in [-0.05, 0) is 0 Å². The molecule has 3 fully saturated rings. The van der Waals surface area contributed by atoms with E-state index in [1.54, 1.807) is 0 Å². The van der Waals surface area contributed by atoms with Gasteiger partial charge in [-0.3, -0.25) is 47.9 Å². The number of hydrogen-bond acceptors (Lipinski definition) is 14. The molecular formula is C28H41FN10O12S2. The molecule has 0 saturated carbocycles. The molecule has 0 aliphatic carbocycles. The molecule has 3 aliphatic heterocycles. The lowest BCUT2D eigenvalue weighted by atomic mass is 10.1. The maximum absolute atomic E-state index is 14.5. The van der Waals surface area contributed by atoms with E-state index in [2.05, 4.69) is 26.6 Å². The second-order valence-corrected chi connectivity index (χ2v) is 14.9. The van der Waals surface area contributed by atoms with Crippen LogP contribution >= 0.6 is 21.6 Å². The van der Waals surface area contributed by atoms with Crippen LogP contribution in [-0.2, 0) is 47.9 Å². The summed E-state index contributed by atoms with van der Waals surface area (Å²) in [5, 5.41) is 30.8. The lowest BCUT2D eigenvalue weighted by Crippen LogP contribution is -2.58. The van der Waals surface area contributed by atoms with Gasteiger partial charge < -0.3 is 63.8 Å². The van der Waals surface area contributed by atoms with Gasteiger partial charge in [-0.2, -0.15) is 0 Å². The first kappa shape index (κ1) is 42.7. The first-order valence-corrected chi connectivity index (χ1v) is 18.5. The number of rotatable bonds is 5. The van der Waals surface area contributed by atoms with Crippen molar-refractivity contribution in [2.45, 2.75) is 74.2 Å². The summed E-state index contributed by atoms with van der Waals surface area (Å²) in [5.41, 5.74) is 16.6. The molecule has 0 aromatic heterocycles. The third-order valence-electron chi connectivity index (χ3n) is 8.22. The molecule has 0 radical (unpaired) electrons. The molecule has 9 amide bonds. The number of amides is 9. The van der Waals surface area contributed by atoms with E-state index in [4.69, 9.17) is 17.2 Å². The highest BCUT2D eigenvalue weighted by Crippen LogP contribution is 2.24. The van der Waals surface area contributed by atoms with Crippen LogP contribution in [0, 0.1) is 0 Å². The van der Waals surface area contributed by atoms with Gasteiger partial charge in [0.15, 0.2) is 0 Å². The molecule has 3 aliphatic rings. The molecule has 3 saturated heterocycles. The van der Waals surface area contributed by atoms with Crippen molar-refractivity contribution >= 4 is 80.7 Å². The summed E-state index contributed by atoms with van der Waals surface area (Å²) in [6.07, 6.45) is -5.32. The van der Waals surface area contributed by atoms with Gasteiger partial charge in [0.05, 0.1) is 44.6 Å². The Morgan fingerprint density at radius 3 is 1.89 bits per heavy atom. The van der Waals surface area contributed by atoms with E-state index in [9.17, 15) is 62.5 Å². The molecule has 13 N–H and O–H groups in total. The number of aliphatic carboxylic acids is 1. The number of primary amides is 2. The second-order valence-electron chi connectivity index (χ2n) is 12.3. The molecule has 3 rings (SSSR count). The van der Waals surface area contributed by atoms with Gasteiger partial charge in [-0.1, -0.05) is 21.6 Å². The van der Waals surface area contributed by atoms with Crippen molar-refractivity contribution < 1.29 is 62.5 Å². The van der Waals surface area contributed by atoms with Crippen molar-refractivity contribution in [3.05, 3.63) is 0 Å². The molecule has 0 aromatic rings. The van der Waals surface area contributed by atoms with Crippen molar-refractivity contribution in [1.82, 2.24) is 36.4 Å². The van der Waals surface area contributed by atoms with Crippen molar-refractivity contribution in [1.29, 1.82) is 0 Å². The Kier molecular flexibility index (Phi) is 15.6. The number of nitrogens with zero attached hydrogens (tertiary/aromatic N) is 2. The third-order valence-corrected chi connectivity index (χ3v) is 10.7. The number of alkyl halides is 1. The average molecular weight is 793 g/mol. The zero-order valence-corrected chi connectivity index (χ0v) is 29.6. The van der Waals surface area contributed by atoms with Gasteiger partial charge in [0.1, 0.15) is 36.4 Å². The van der Waals surface area contributed by atoms with Crippen LogP contribution in [0.5, 0.6) is 0 Å². The zero-order valence-electron chi connectivity index (χ0n) is 28.0. The molecule has 3 heterocycles. The van der Waals surface area contributed by atoms with Gasteiger partial charge in [0.25, 0.3) is 0 Å². The lowest BCUT2D eigenvalue weighted by molar-refractivity contribution is -0.142. The van der Waals surface area contributed by atoms with Crippen LogP contribution in [0.15, 0.2) is 0 Å². The predicted molar refractivity (Wildman–Crippen MR) is 181 cm³/mol. The lowest BCUT2D eigenvalue weighted by Gasteiger charge is -2.27. The highest BCUT2D eigenvalue weighted by Gasteiger charge is 2.43. The number of halogens is 1. The fourth-order valence-electron chi connectivity index (χ4n) is 5.54. The first-order chi connectivity index (χ1) is 24.9. The maximum Gasteiger partial charge on any atom is 0.305 e. The Bertz CT molecular complexity index is 1490. The topological polar surface area (TPSA) is 356 Å². The Labute approximate surface area is 308 Å². The van der Waals surface area contributed by atoms with E-state index in [1.807, 2.05) is 0 Å². The van der Waals surface area contributed by atoms with E-state index in [0.717, 1.165) is 31.4 Å². The standard InChI is InChI=1S/C28H41FN10O12S2/c29-11-1-17-27(50)34-6-21(43)39-8-12(40)2-18(39)28(51)36-14(3-19(31)41)26(49)37-16(23(32)46)10-53-52-9-13(30)24(47)35-15(4-22(44)45)25(48)33-5-20(42)38(17)7-11/h11-18,40H,1-10,30H2,(H2,31,41)(H2,32,46)(H,33,48)(H,34,50)(H,35,47)(H,36,51)(H,37,49)(H,44,45)/t11-,12-,13-,14+,15-,16-,17+,18+/m1/s1. The normalized spacial score (nSPS) is 30.6. The Morgan fingerprint density at radius 2 is 1.28 bits per heavy atom. The van der Waals surface area contributed by atoms with Crippen LogP contribution in [0.4, 0.5) is 4.39 Å². The molecule has 0 unspecified atom stereocenters. The smallest absolute Gasteiger partial charge is 0.305 e. The predicted octanol–water partition coefficient (Wildman–Crippen LogP) is -6.87. The quantitative estimate of drug-likeness (QED) is 0.116. The molecule has 22 nitrogen and oxygen atoms in total. The fraction of sp³-hybridized carbons (Fsp3) is 0.643. The van der Waals surface area contributed by atoms with Gasteiger partial charge in [-0.25, -0.2) is 4.39 Å². The number of aliphatic hydroxyl groups is 1. The largest absolute Gasteiger partial charge is 0.481 e. The van der Waals surface area contributed by atoms with E-state index >= 15 is 0 Å². The molecule has 0 bridgehead atoms. The summed E-state index contributed by atoms with van der Waals surface area (Å²) < 4.78 is 14.5. The van der Waals surface area contributed by atoms with E-state index in [-0.39, 0.29) is 24.5 Å². The zero-order chi connectivity index (χ0) is 39.6. The minimum atomic E-state index is -1.70. The molecular weight excluding hydrogens is 751 g/mol. The van der Waals surface area contributed by atoms with E-state index in [1.165, 1.54) is 0 Å². The summed E-state index contributed by atoms with van der Waals surface area (Å²) >= 11 is 0. The van der Waals surface area contributed by atoms with Crippen LogP contribution in [-0.4, -0.2) is 165 Å². The van der Waals surface area contributed by atoms with Crippen molar-refractivity contribution in [2.24, 2.45) is 17.2 Å². The van der Waals surface area contributed by atoms with E-state index in [0.29, 0.717) is 0 Å². The highest BCUT2D eigenvalue weighted by atomic mass is 33.1. The van der Waals surface area contributed by atoms with Crippen molar-refractivity contribution in [3.63, 3.8) is 0 Å². The number of carbonyl (C=O) groups is 10. The van der Waals surface area contributed by atoms with E-state index < -0.39 is 147 Å². The van der Waals surface area contributed by atoms with Crippen LogP contribution in [0.1, 0.15) is 25.7 Å². The summed E-state index contributed by atoms with van der Waals surface area (Å²) in [6.45, 7) is -2.52. The van der Waals surface area contributed by atoms with Crippen molar-refractivity contribution in [2.75, 3.05) is 37.7 Å². The van der Waals surface area contributed by atoms with Crippen LogP contribution in [0.3, 0.4) is 0 Å². The fourth-order valence-corrected chi connectivity index (χ4v) is 7.84. The van der Waals surface area contributed by atoms with Gasteiger partial charge >= 0.3 is 5.97 Å².